The first-order valence-corrected chi connectivity index (χ1v) is 11.5. The zero-order valence-corrected chi connectivity index (χ0v) is 21.7. The molecule has 2 aromatic rings. The zero-order chi connectivity index (χ0) is 27.7. The molecule has 0 bridgehead atoms. The minimum absolute atomic E-state index is 0. The Balaban J connectivity index is 0.000000277. The van der Waals surface area contributed by atoms with Gasteiger partial charge in [0.15, 0.2) is 0 Å². The molecule has 0 saturated heterocycles. The molecule has 4 rings (SSSR count). The molecule has 212 valence electrons. The van der Waals surface area contributed by atoms with Gasteiger partial charge in [0.2, 0.25) is 0 Å². The van der Waals surface area contributed by atoms with E-state index in [-0.39, 0.29) is 30.6 Å². The standard InChI is InChI=1S/C14H18F3N3O2.C9H10F3N3.ClH/c1-12(2,3)22-11(21)19-8-13(5-6-13)10-18-7-4-9(20-10)14(15,16)17;10-9(11,12)6-1-4-14-7(15-6)8(5-13)2-3-8;/h4,7H,5-6,8H2,1-3H3,(H,19,21);1,4H,2-3,5,13H2;1H. The maximum absolute atomic E-state index is 12.7. The molecular formula is C23H29ClF6N6O2. The number of hydrogen-bond donors (Lipinski definition) is 2. The summed E-state index contributed by atoms with van der Waals surface area (Å²) in [6.07, 6.45) is -4.50. The van der Waals surface area contributed by atoms with Gasteiger partial charge in [0.05, 0.1) is 0 Å². The maximum Gasteiger partial charge on any atom is 0.433 e. The number of alkyl halides is 6. The fourth-order valence-electron chi connectivity index (χ4n) is 3.40. The Morgan fingerprint density at radius 1 is 0.895 bits per heavy atom. The van der Waals surface area contributed by atoms with Crippen molar-refractivity contribution in [3.8, 4) is 0 Å². The van der Waals surface area contributed by atoms with E-state index in [4.69, 9.17) is 10.5 Å². The molecule has 2 aliphatic carbocycles. The van der Waals surface area contributed by atoms with Crippen molar-refractivity contribution in [3.63, 3.8) is 0 Å². The van der Waals surface area contributed by atoms with Crippen LogP contribution in [-0.2, 0) is 27.9 Å². The predicted molar refractivity (Wildman–Crippen MR) is 126 cm³/mol. The largest absolute Gasteiger partial charge is 0.444 e. The number of nitrogens with two attached hydrogens (primary N) is 1. The minimum atomic E-state index is -4.51. The monoisotopic (exact) mass is 570 g/mol. The Bertz CT molecular complexity index is 1110. The highest BCUT2D eigenvalue weighted by atomic mass is 35.5. The number of amides is 1. The number of rotatable bonds is 5. The number of ether oxygens (including phenoxy) is 1. The summed E-state index contributed by atoms with van der Waals surface area (Å²) in [6.45, 7) is 5.65. The van der Waals surface area contributed by atoms with Gasteiger partial charge in [0.1, 0.15) is 28.6 Å². The third kappa shape index (κ3) is 8.13. The van der Waals surface area contributed by atoms with Crippen LogP contribution in [0.1, 0.15) is 69.5 Å². The summed E-state index contributed by atoms with van der Waals surface area (Å²) in [6, 6.07) is 1.71. The smallest absolute Gasteiger partial charge is 0.433 e. The topological polar surface area (TPSA) is 116 Å². The van der Waals surface area contributed by atoms with Gasteiger partial charge in [-0.25, -0.2) is 24.7 Å². The SMILES string of the molecule is CC(C)(C)OC(=O)NCC1(c2nccc(C(F)(F)F)n2)CC1.Cl.NCC1(c2nccc(C(F)(F)F)n2)CC1. The van der Waals surface area contributed by atoms with E-state index in [0.717, 1.165) is 37.4 Å². The molecule has 0 aliphatic heterocycles. The summed E-state index contributed by atoms with van der Waals surface area (Å²) >= 11 is 0. The molecule has 0 unspecified atom stereocenters. The van der Waals surface area contributed by atoms with Crippen molar-refractivity contribution in [2.24, 2.45) is 5.73 Å². The van der Waals surface area contributed by atoms with E-state index in [1.165, 1.54) is 0 Å². The van der Waals surface area contributed by atoms with Crippen LogP contribution >= 0.6 is 12.4 Å². The van der Waals surface area contributed by atoms with E-state index in [9.17, 15) is 31.1 Å². The maximum atomic E-state index is 12.7. The van der Waals surface area contributed by atoms with E-state index in [1.807, 2.05) is 0 Å². The second kappa shape index (κ2) is 11.2. The number of carbonyl (C=O) groups is 1. The van der Waals surface area contributed by atoms with Crippen LogP contribution in [0.5, 0.6) is 0 Å². The van der Waals surface area contributed by atoms with Crippen molar-refractivity contribution >= 4 is 18.5 Å². The molecule has 8 nitrogen and oxygen atoms in total. The highest BCUT2D eigenvalue weighted by Crippen LogP contribution is 2.47. The number of carbonyl (C=O) groups excluding carboxylic acids is 1. The van der Waals surface area contributed by atoms with Gasteiger partial charge in [-0.05, 0) is 58.6 Å². The van der Waals surface area contributed by atoms with Crippen molar-refractivity contribution in [2.45, 2.75) is 75.2 Å². The number of aromatic nitrogens is 4. The molecule has 0 atom stereocenters. The molecule has 2 aliphatic rings. The van der Waals surface area contributed by atoms with Crippen LogP contribution in [0.4, 0.5) is 31.1 Å². The number of alkyl carbamates (subject to hydrolysis) is 1. The normalized spacial score (nSPS) is 17.3. The van der Waals surface area contributed by atoms with E-state index in [2.05, 4.69) is 25.3 Å². The van der Waals surface area contributed by atoms with Crippen molar-refractivity contribution in [2.75, 3.05) is 13.1 Å². The van der Waals surface area contributed by atoms with Gasteiger partial charge < -0.3 is 15.8 Å². The second-order valence-electron chi connectivity index (χ2n) is 10.1. The van der Waals surface area contributed by atoms with Crippen molar-refractivity contribution < 1.29 is 35.9 Å². The molecule has 3 N–H and O–H groups in total. The average Bonchev–Trinajstić information content (AvgIpc) is 3.72. The minimum Gasteiger partial charge on any atom is -0.444 e. The number of nitrogens with zero attached hydrogens (tertiary/aromatic N) is 4. The third-order valence-electron chi connectivity index (χ3n) is 5.91. The summed E-state index contributed by atoms with van der Waals surface area (Å²) in [5.74, 6) is 0.332. The Kier molecular flexibility index (Phi) is 9.25. The Labute approximate surface area is 221 Å². The lowest BCUT2D eigenvalue weighted by atomic mass is 10.1. The van der Waals surface area contributed by atoms with Crippen LogP contribution in [0.15, 0.2) is 24.5 Å². The van der Waals surface area contributed by atoms with Crippen LogP contribution in [0, 0.1) is 0 Å². The van der Waals surface area contributed by atoms with Gasteiger partial charge in [-0.1, -0.05) is 0 Å². The molecule has 0 aromatic carbocycles. The van der Waals surface area contributed by atoms with E-state index in [0.29, 0.717) is 19.4 Å². The predicted octanol–water partition coefficient (Wildman–Crippen LogP) is 4.96. The Morgan fingerprint density at radius 2 is 1.32 bits per heavy atom. The highest BCUT2D eigenvalue weighted by molar-refractivity contribution is 5.85. The van der Waals surface area contributed by atoms with E-state index < -0.39 is 46.3 Å². The van der Waals surface area contributed by atoms with Gasteiger partial charge in [-0.3, -0.25) is 0 Å². The first kappa shape index (κ1) is 31.5. The Morgan fingerprint density at radius 3 is 1.66 bits per heavy atom. The van der Waals surface area contributed by atoms with Crippen molar-refractivity contribution in [1.29, 1.82) is 0 Å². The van der Waals surface area contributed by atoms with Gasteiger partial charge in [0.25, 0.3) is 0 Å². The molecule has 0 radical (unpaired) electrons. The molecule has 2 heterocycles. The molecule has 0 spiro atoms. The van der Waals surface area contributed by atoms with Gasteiger partial charge in [0, 0.05) is 36.3 Å². The summed E-state index contributed by atoms with van der Waals surface area (Å²) in [5, 5.41) is 2.58. The van der Waals surface area contributed by atoms with Crippen molar-refractivity contribution in [1.82, 2.24) is 25.3 Å². The molecule has 2 saturated carbocycles. The summed E-state index contributed by atoms with van der Waals surface area (Å²) in [7, 11) is 0. The number of nitrogens with one attached hydrogen (secondary N) is 1. The Hall–Kier alpha value is -2.74. The van der Waals surface area contributed by atoms with Crippen LogP contribution in [0.25, 0.3) is 0 Å². The average molecular weight is 571 g/mol. The van der Waals surface area contributed by atoms with Crippen molar-refractivity contribution in [3.05, 3.63) is 47.6 Å². The molecular weight excluding hydrogens is 542 g/mol. The quantitative estimate of drug-likeness (QED) is 0.488. The highest BCUT2D eigenvalue weighted by Gasteiger charge is 2.49. The lowest BCUT2D eigenvalue weighted by molar-refractivity contribution is -0.142. The van der Waals surface area contributed by atoms with Crippen LogP contribution < -0.4 is 11.1 Å². The fraction of sp³-hybridized carbons (Fsp3) is 0.609. The summed E-state index contributed by atoms with van der Waals surface area (Å²) in [5.41, 5.74) is 1.97. The molecule has 2 aromatic heterocycles. The first-order valence-electron chi connectivity index (χ1n) is 11.5. The number of hydrogen-bond acceptors (Lipinski definition) is 7. The van der Waals surface area contributed by atoms with Gasteiger partial charge in [-0.2, -0.15) is 26.3 Å². The fourth-order valence-corrected chi connectivity index (χ4v) is 3.40. The van der Waals surface area contributed by atoms with Crippen LogP contribution in [0.2, 0.25) is 0 Å². The second-order valence-corrected chi connectivity index (χ2v) is 10.1. The summed E-state index contributed by atoms with van der Waals surface area (Å²) < 4.78 is 80.3. The van der Waals surface area contributed by atoms with E-state index in [1.54, 1.807) is 20.8 Å². The van der Waals surface area contributed by atoms with Gasteiger partial charge in [-0.15, -0.1) is 12.4 Å². The van der Waals surface area contributed by atoms with Gasteiger partial charge >= 0.3 is 18.4 Å². The van der Waals surface area contributed by atoms with E-state index >= 15 is 0 Å². The molecule has 15 heteroatoms. The first-order chi connectivity index (χ1) is 17.0. The summed E-state index contributed by atoms with van der Waals surface area (Å²) in [4.78, 5) is 26.6. The molecule has 2 fully saturated rings. The van der Waals surface area contributed by atoms with Crippen LogP contribution in [-0.4, -0.2) is 44.7 Å². The lowest BCUT2D eigenvalue weighted by Gasteiger charge is -2.21. The molecule has 38 heavy (non-hydrogen) atoms. The molecule has 1 amide bonds. The lowest BCUT2D eigenvalue weighted by Crippen LogP contribution is -2.37. The number of halogens is 7. The third-order valence-corrected chi connectivity index (χ3v) is 5.91. The van der Waals surface area contributed by atoms with Crippen LogP contribution in [0.3, 0.4) is 0 Å². The zero-order valence-electron chi connectivity index (χ0n) is 20.9.